The van der Waals surface area contributed by atoms with E-state index in [-0.39, 0.29) is 17.7 Å². The molecule has 7 nitrogen and oxygen atoms in total. The molecule has 0 aliphatic rings. The monoisotopic (exact) mass is 442 g/mol. The fourth-order valence-electron chi connectivity index (χ4n) is 3.13. The first kappa shape index (κ1) is 23.1. The first-order valence-electron chi connectivity index (χ1n) is 9.88. The third-order valence-corrected chi connectivity index (χ3v) is 4.58. The molecule has 0 aliphatic carbocycles. The minimum absolute atomic E-state index is 0.161. The first-order valence-corrected chi connectivity index (χ1v) is 9.88. The molecule has 0 saturated heterocycles. The van der Waals surface area contributed by atoms with Crippen LogP contribution < -0.4 is 4.90 Å². The molecule has 168 valence electrons. The van der Waals surface area contributed by atoms with E-state index in [1.165, 1.54) is 11.9 Å². The second-order valence-corrected chi connectivity index (χ2v) is 8.37. The van der Waals surface area contributed by atoms with Crippen molar-refractivity contribution in [3.63, 3.8) is 0 Å². The first-order chi connectivity index (χ1) is 14.9. The van der Waals surface area contributed by atoms with Crippen LogP contribution in [0.15, 0.2) is 47.6 Å². The van der Waals surface area contributed by atoms with Crippen LogP contribution >= 0.6 is 0 Å². The Morgan fingerprint density at radius 1 is 1.12 bits per heavy atom. The smallest absolute Gasteiger partial charge is 0.434 e. The summed E-state index contributed by atoms with van der Waals surface area (Å²) < 4.78 is 34.2. The lowest BCUT2D eigenvalue weighted by molar-refractivity contribution is -0.112. The zero-order valence-corrected chi connectivity index (χ0v) is 18.5. The van der Waals surface area contributed by atoms with Crippen molar-refractivity contribution in [1.82, 2.24) is 9.78 Å². The van der Waals surface area contributed by atoms with Gasteiger partial charge >= 0.3 is 6.09 Å². The SMILES string of the molecule is CN(C(=O)/C(Cc1cc(F)cc(F)c1)=N/C(=O)OC(C)(C)C)c1ccc2c(cnn2C)c1. The molecule has 0 fully saturated rings. The second-order valence-electron chi connectivity index (χ2n) is 8.37. The van der Waals surface area contributed by atoms with Crippen LogP contribution in [0.3, 0.4) is 0 Å². The Kier molecular flexibility index (Phi) is 6.38. The molecular formula is C23H24F2N4O3. The van der Waals surface area contributed by atoms with Gasteiger partial charge in [0.2, 0.25) is 0 Å². The van der Waals surface area contributed by atoms with Crippen molar-refractivity contribution in [3.8, 4) is 0 Å². The Labute approximate surface area is 184 Å². The van der Waals surface area contributed by atoms with Crippen molar-refractivity contribution in [1.29, 1.82) is 0 Å². The largest absolute Gasteiger partial charge is 0.442 e. The molecule has 3 aromatic rings. The molecule has 0 atom stereocenters. The van der Waals surface area contributed by atoms with Gasteiger partial charge in [-0.1, -0.05) is 0 Å². The fraction of sp³-hybridized carbons (Fsp3) is 0.304. The Morgan fingerprint density at radius 3 is 2.41 bits per heavy atom. The number of aromatic nitrogens is 2. The second kappa shape index (κ2) is 8.86. The highest BCUT2D eigenvalue weighted by Gasteiger charge is 2.23. The van der Waals surface area contributed by atoms with Gasteiger partial charge in [-0.2, -0.15) is 10.1 Å². The minimum atomic E-state index is -0.964. The number of amides is 2. The van der Waals surface area contributed by atoms with E-state index in [9.17, 15) is 18.4 Å². The summed E-state index contributed by atoms with van der Waals surface area (Å²) in [5.74, 6) is -2.19. The lowest BCUT2D eigenvalue weighted by Gasteiger charge is -2.20. The predicted octanol–water partition coefficient (Wildman–Crippen LogP) is 4.43. The molecule has 0 aliphatic heterocycles. The number of carbonyl (C=O) groups is 2. The highest BCUT2D eigenvalue weighted by Crippen LogP contribution is 2.22. The van der Waals surface area contributed by atoms with Crippen molar-refractivity contribution in [3.05, 3.63) is 59.8 Å². The molecule has 1 heterocycles. The molecule has 0 unspecified atom stereocenters. The van der Waals surface area contributed by atoms with Gasteiger partial charge < -0.3 is 9.64 Å². The van der Waals surface area contributed by atoms with Crippen LogP contribution in [0.1, 0.15) is 26.3 Å². The van der Waals surface area contributed by atoms with E-state index >= 15 is 0 Å². The molecule has 2 aromatic carbocycles. The number of anilines is 1. The molecule has 0 radical (unpaired) electrons. The van der Waals surface area contributed by atoms with Crippen LogP contribution in [0.4, 0.5) is 19.3 Å². The number of fused-ring (bicyclic) bond motifs is 1. The zero-order valence-electron chi connectivity index (χ0n) is 18.5. The summed E-state index contributed by atoms with van der Waals surface area (Å²) in [5, 5.41) is 5.00. The Morgan fingerprint density at radius 2 is 1.78 bits per heavy atom. The number of hydrogen-bond acceptors (Lipinski definition) is 4. The highest BCUT2D eigenvalue weighted by atomic mass is 19.1. The number of aliphatic imine (C=N–C) groups is 1. The molecule has 0 N–H and O–H groups in total. The van der Waals surface area contributed by atoms with Crippen LogP contribution in [0.25, 0.3) is 10.9 Å². The number of halogens is 2. The number of benzene rings is 2. The molecule has 1 aromatic heterocycles. The van der Waals surface area contributed by atoms with E-state index in [1.54, 1.807) is 50.8 Å². The quantitative estimate of drug-likeness (QED) is 0.560. The number of rotatable bonds is 4. The van der Waals surface area contributed by atoms with E-state index in [0.717, 1.165) is 29.1 Å². The predicted molar refractivity (Wildman–Crippen MR) is 118 cm³/mol. The number of ether oxygens (including phenoxy) is 1. The Hall–Kier alpha value is -3.62. The van der Waals surface area contributed by atoms with Crippen LogP contribution in [0.5, 0.6) is 0 Å². The molecule has 0 saturated carbocycles. The van der Waals surface area contributed by atoms with E-state index in [1.807, 2.05) is 6.07 Å². The summed E-state index contributed by atoms with van der Waals surface area (Å²) >= 11 is 0. The fourth-order valence-corrected chi connectivity index (χ4v) is 3.13. The summed E-state index contributed by atoms with van der Waals surface area (Å²) in [7, 11) is 3.33. The zero-order chi connectivity index (χ0) is 23.6. The third kappa shape index (κ3) is 5.54. The van der Waals surface area contributed by atoms with Gasteiger partial charge in [-0.15, -0.1) is 0 Å². The van der Waals surface area contributed by atoms with Crippen LogP contribution in [-0.2, 0) is 23.0 Å². The van der Waals surface area contributed by atoms with E-state index in [2.05, 4.69) is 10.1 Å². The highest BCUT2D eigenvalue weighted by molar-refractivity contribution is 6.45. The molecule has 32 heavy (non-hydrogen) atoms. The van der Waals surface area contributed by atoms with Gasteiger partial charge in [-0.05, 0) is 56.7 Å². The van der Waals surface area contributed by atoms with Crippen LogP contribution in [0, 0.1) is 11.6 Å². The maximum Gasteiger partial charge on any atom is 0.434 e. The summed E-state index contributed by atoms with van der Waals surface area (Å²) in [6, 6.07) is 8.21. The maximum atomic E-state index is 13.7. The lowest BCUT2D eigenvalue weighted by atomic mass is 10.1. The molecule has 0 bridgehead atoms. The van der Waals surface area contributed by atoms with Crippen molar-refractivity contribution in [2.75, 3.05) is 11.9 Å². The van der Waals surface area contributed by atoms with Gasteiger partial charge in [-0.25, -0.2) is 13.6 Å². The van der Waals surface area contributed by atoms with Crippen molar-refractivity contribution >= 4 is 34.3 Å². The summed E-state index contributed by atoms with van der Waals surface area (Å²) in [6.45, 7) is 5.00. The topological polar surface area (TPSA) is 76.8 Å². The lowest BCUT2D eigenvalue weighted by Crippen LogP contribution is -2.35. The van der Waals surface area contributed by atoms with Gasteiger partial charge in [0.1, 0.15) is 22.9 Å². The normalized spacial score (nSPS) is 12.2. The average Bonchev–Trinajstić information content (AvgIpc) is 3.04. The van der Waals surface area contributed by atoms with Crippen molar-refractivity contribution in [2.24, 2.45) is 12.0 Å². The van der Waals surface area contributed by atoms with Gasteiger partial charge in [0.15, 0.2) is 0 Å². The van der Waals surface area contributed by atoms with E-state index in [0.29, 0.717) is 5.69 Å². The minimum Gasteiger partial charge on any atom is -0.442 e. The van der Waals surface area contributed by atoms with Crippen LogP contribution in [0.2, 0.25) is 0 Å². The molecular weight excluding hydrogens is 418 g/mol. The number of carbonyl (C=O) groups excluding carboxylic acids is 2. The maximum absolute atomic E-state index is 13.7. The van der Waals surface area contributed by atoms with Crippen molar-refractivity contribution < 1.29 is 23.1 Å². The average molecular weight is 442 g/mol. The standard InChI is InChI=1S/C23H24F2N4O3/c1-23(2,3)32-22(31)27-19(10-14-8-16(24)12-17(25)9-14)21(30)28(4)18-6-7-20-15(11-18)13-26-29(20)5/h6-9,11-13H,10H2,1-5H3/b27-19+. The number of nitrogens with zero attached hydrogens (tertiary/aromatic N) is 4. The van der Waals surface area contributed by atoms with Crippen molar-refractivity contribution in [2.45, 2.75) is 32.8 Å². The van der Waals surface area contributed by atoms with Gasteiger partial charge in [-0.3, -0.25) is 9.48 Å². The number of aryl methyl sites for hydroxylation is 1. The third-order valence-electron chi connectivity index (χ3n) is 4.58. The van der Waals surface area contributed by atoms with Gasteiger partial charge in [0, 0.05) is 37.7 Å². The summed E-state index contributed by atoms with van der Waals surface area (Å²) in [6.07, 6.45) is 0.447. The van der Waals surface area contributed by atoms with E-state index in [4.69, 9.17) is 4.74 Å². The van der Waals surface area contributed by atoms with Gasteiger partial charge in [0.25, 0.3) is 5.91 Å². The molecule has 9 heteroatoms. The van der Waals surface area contributed by atoms with Gasteiger partial charge in [0.05, 0.1) is 11.7 Å². The van der Waals surface area contributed by atoms with E-state index < -0.39 is 29.2 Å². The molecule has 0 spiro atoms. The van der Waals surface area contributed by atoms with Crippen LogP contribution in [-0.4, -0.2) is 40.1 Å². The number of hydrogen-bond donors (Lipinski definition) is 0. The Balaban J connectivity index is 1.95. The Bertz CT molecular complexity index is 1190. The summed E-state index contributed by atoms with van der Waals surface area (Å²) in [5.41, 5.74) is 0.550. The summed E-state index contributed by atoms with van der Waals surface area (Å²) in [4.78, 5) is 30.7. The molecule has 2 amide bonds. The molecule has 3 rings (SSSR count).